The summed E-state index contributed by atoms with van der Waals surface area (Å²) in [7, 11) is 1.31. The molecule has 27 heavy (non-hydrogen) atoms. The Morgan fingerprint density at radius 2 is 1.89 bits per heavy atom. The summed E-state index contributed by atoms with van der Waals surface area (Å²) in [5.74, 6) is -2.11. The second kappa shape index (κ2) is 6.46. The molecule has 2 aliphatic rings. The van der Waals surface area contributed by atoms with Crippen molar-refractivity contribution < 1.29 is 19.4 Å². The van der Waals surface area contributed by atoms with Crippen LogP contribution in [0, 0.1) is 5.92 Å². The molecule has 0 bridgehead atoms. The Bertz CT molecular complexity index is 1050. The number of halogens is 1. The second-order valence-corrected chi connectivity index (χ2v) is 7.49. The van der Waals surface area contributed by atoms with Gasteiger partial charge in [-0.25, -0.2) is 0 Å². The van der Waals surface area contributed by atoms with E-state index >= 15 is 0 Å². The summed E-state index contributed by atoms with van der Waals surface area (Å²) in [6, 6.07) is 12.2. The van der Waals surface area contributed by atoms with Crippen LogP contribution in [0.4, 0.5) is 0 Å². The van der Waals surface area contributed by atoms with Gasteiger partial charge < -0.3 is 9.84 Å². The van der Waals surface area contributed by atoms with Crippen LogP contribution < -0.4 is 0 Å². The van der Waals surface area contributed by atoms with Gasteiger partial charge >= 0.3 is 5.97 Å². The zero-order valence-corrected chi connectivity index (χ0v) is 16.3. The van der Waals surface area contributed by atoms with Gasteiger partial charge in [0.2, 0.25) is 0 Å². The highest BCUT2D eigenvalue weighted by atomic mass is 79.9. The first-order valence-corrected chi connectivity index (χ1v) is 9.23. The predicted molar refractivity (Wildman–Crippen MR) is 105 cm³/mol. The van der Waals surface area contributed by atoms with E-state index in [9.17, 15) is 14.7 Å². The van der Waals surface area contributed by atoms with Gasteiger partial charge in [0.1, 0.15) is 11.7 Å². The number of ketones is 1. The molecule has 1 aliphatic heterocycles. The average molecular weight is 426 g/mol. The molecule has 136 valence electrons. The largest absolute Gasteiger partial charge is 0.508 e. The smallest absolute Gasteiger partial charge is 0.315 e. The van der Waals surface area contributed by atoms with Gasteiger partial charge in [-0.3, -0.25) is 14.6 Å². The van der Waals surface area contributed by atoms with Gasteiger partial charge in [0, 0.05) is 38.4 Å². The Morgan fingerprint density at radius 3 is 2.59 bits per heavy atom. The van der Waals surface area contributed by atoms with E-state index in [-0.39, 0.29) is 11.5 Å². The van der Waals surface area contributed by atoms with Gasteiger partial charge in [0.25, 0.3) is 0 Å². The average Bonchev–Trinajstić information content (AvgIpc) is 2.94. The number of phenolic OH excluding ortho intramolecular Hbond substituents is 1. The molecule has 0 radical (unpaired) electrons. The molecule has 0 aromatic heterocycles. The molecule has 5 nitrogen and oxygen atoms in total. The fourth-order valence-corrected chi connectivity index (χ4v) is 4.27. The third-order valence-corrected chi connectivity index (χ3v) is 5.58. The number of carbonyl (C=O) groups is 2. The predicted octanol–water partition coefficient (Wildman–Crippen LogP) is 4.11. The van der Waals surface area contributed by atoms with Crippen LogP contribution in [0.25, 0.3) is 5.70 Å². The quantitative estimate of drug-likeness (QED) is 0.734. The summed E-state index contributed by atoms with van der Waals surface area (Å²) in [5.41, 5.74) is 3.34. The molecular formula is C21H16BrNO4. The lowest BCUT2D eigenvalue weighted by molar-refractivity contribution is -0.143. The molecule has 2 unspecified atom stereocenters. The standard InChI is InChI=1S/C21H16BrNO4/c1-10-16(21(26)27-2)17(14-9-11(22)7-8-15(14)24)18-19(23-10)12-5-3-4-6-13(12)20(18)25/h3-9,16-17,24H,1-2H3. The van der Waals surface area contributed by atoms with E-state index in [4.69, 9.17) is 4.74 Å². The highest BCUT2D eigenvalue weighted by molar-refractivity contribution is 9.10. The minimum Gasteiger partial charge on any atom is -0.508 e. The molecule has 0 spiro atoms. The van der Waals surface area contributed by atoms with Crippen LogP contribution in [0.3, 0.4) is 0 Å². The lowest BCUT2D eigenvalue weighted by Gasteiger charge is -2.30. The van der Waals surface area contributed by atoms with Crippen molar-refractivity contribution in [2.24, 2.45) is 10.9 Å². The van der Waals surface area contributed by atoms with Crippen LogP contribution in [-0.4, -0.2) is 29.7 Å². The van der Waals surface area contributed by atoms with Gasteiger partial charge in [0.05, 0.1) is 12.8 Å². The number of aliphatic imine (C=N–C) groups is 1. The van der Waals surface area contributed by atoms with Crippen molar-refractivity contribution in [3.05, 3.63) is 69.2 Å². The van der Waals surface area contributed by atoms with Crippen LogP contribution in [0.15, 0.2) is 57.5 Å². The number of nitrogens with zero attached hydrogens (tertiary/aromatic N) is 1. The summed E-state index contributed by atoms with van der Waals surface area (Å²) in [4.78, 5) is 30.4. The SMILES string of the molecule is COC(=O)C1C(C)=NC2=C(C(=O)c3ccccc32)C1c1cc(Br)ccc1O. The summed E-state index contributed by atoms with van der Waals surface area (Å²) in [6.45, 7) is 1.75. The number of fused-ring (bicyclic) bond motifs is 2. The first-order chi connectivity index (χ1) is 12.9. The number of allylic oxidation sites excluding steroid dienone is 1. The number of rotatable bonds is 2. The number of hydrogen-bond donors (Lipinski definition) is 1. The minimum atomic E-state index is -0.785. The molecule has 6 heteroatoms. The Labute approximate surface area is 164 Å². The summed E-state index contributed by atoms with van der Waals surface area (Å²) >= 11 is 3.41. The molecule has 4 rings (SSSR count). The molecule has 1 heterocycles. The van der Waals surface area contributed by atoms with Crippen LogP contribution in [-0.2, 0) is 9.53 Å². The Balaban J connectivity index is 2.00. The van der Waals surface area contributed by atoms with E-state index in [1.54, 1.807) is 37.3 Å². The van der Waals surface area contributed by atoms with Gasteiger partial charge in [-0.15, -0.1) is 0 Å². The zero-order chi connectivity index (χ0) is 19.3. The summed E-state index contributed by atoms with van der Waals surface area (Å²) in [5, 5.41) is 10.5. The molecular weight excluding hydrogens is 410 g/mol. The number of ether oxygens (including phenoxy) is 1. The minimum absolute atomic E-state index is 0.0161. The topological polar surface area (TPSA) is 76.0 Å². The molecule has 0 saturated heterocycles. The maximum absolute atomic E-state index is 13.2. The van der Waals surface area contributed by atoms with E-state index in [1.807, 2.05) is 12.1 Å². The third kappa shape index (κ3) is 2.63. The number of benzene rings is 2. The van der Waals surface area contributed by atoms with E-state index in [0.29, 0.717) is 28.1 Å². The van der Waals surface area contributed by atoms with E-state index in [1.165, 1.54) is 7.11 Å². The van der Waals surface area contributed by atoms with Crippen LogP contribution in [0.1, 0.15) is 34.3 Å². The van der Waals surface area contributed by atoms with Crippen LogP contribution >= 0.6 is 15.9 Å². The number of methoxy groups -OCH3 is 1. The number of Topliss-reactive ketones (excluding diaryl/α,β-unsaturated/α-hetero) is 1. The number of aromatic hydroxyl groups is 1. The summed E-state index contributed by atoms with van der Waals surface area (Å²) in [6.07, 6.45) is 0. The van der Waals surface area contributed by atoms with Crippen molar-refractivity contribution >= 4 is 39.1 Å². The van der Waals surface area contributed by atoms with Crippen molar-refractivity contribution in [3.63, 3.8) is 0 Å². The molecule has 0 saturated carbocycles. The van der Waals surface area contributed by atoms with Crippen molar-refractivity contribution in [1.82, 2.24) is 0 Å². The van der Waals surface area contributed by atoms with Crippen LogP contribution in [0.2, 0.25) is 0 Å². The normalized spacial score (nSPS) is 20.9. The van der Waals surface area contributed by atoms with Crippen molar-refractivity contribution in [3.8, 4) is 5.75 Å². The summed E-state index contributed by atoms with van der Waals surface area (Å²) < 4.78 is 5.74. The first kappa shape index (κ1) is 17.7. The second-order valence-electron chi connectivity index (χ2n) is 6.57. The van der Waals surface area contributed by atoms with Gasteiger partial charge in [0.15, 0.2) is 5.78 Å². The fraction of sp³-hybridized carbons (Fsp3) is 0.190. The van der Waals surface area contributed by atoms with Crippen molar-refractivity contribution in [2.45, 2.75) is 12.8 Å². The first-order valence-electron chi connectivity index (χ1n) is 8.43. The van der Waals surface area contributed by atoms with E-state index in [0.717, 1.165) is 10.0 Å². The molecule has 0 fully saturated rings. The third-order valence-electron chi connectivity index (χ3n) is 5.09. The Hall–Kier alpha value is -2.73. The lowest BCUT2D eigenvalue weighted by Crippen LogP contribution is -2.34. The number of carbonyl (C=O) groups excluding carboxylic acids is 2. The maximum atomic E-state index is 13.2. The van der Waals surface area contributed by atoms with Crippen molar-refractivity contribution in [1.29, 1.82) is 0 Å². The molecule has 0 amide bonds. The Kier molecular flexibility index (Phi) is 4.23. The highest BCUT2D eigenvalue weighted by Crippen LogP contribution is 2.50. The highest BCUT2D eigenvalue weighted by Gasteiger charge is 2.46. The molecule has 1 N–H and O–H groups in total. The van der Waals surface area contributed by atoms with Gasteiger partial charge in [-0.2, -0.15) is 0 Å². The molecule has 2 aromatic rings. The lowest BCUT2D eigenvalue weighted by atomic mass is 9.75. The fourth-order valence-electron chi connectivity index (χ4n) is 3.89. The molecule has 2 aromatic carbocycles. The van der Waals surface area contributed by atoms with Crippen molar-refractivity contribution in [2.75, 3.05) is 7.11 Å². The number of hydrogen-bond acceptors (Lipinski definition) is 5. The van der Waals surface area contributed by atoms with Crippen LogP contribution in [0.5, 0.6) is 5.75 Å². The molecule has 2 atom stereocenters. The van der Waals surface area contributed by atoms with Gasteiger partial charge in [-0.05, 0) is 25.1 Å². The Morgan fingerprint density at radius 1 is 1.19 bits per heavy atom. The van der Waals surface area contributed by atoms with Gasteiger partial charge in [-0.1, -0.05) is 40.2 Å². The number of phenols is 1. The van der Waals surface area contributed by atoms with E-state index in [2.05, 4.69) is 20.9 Å². The van der Waals surface area contributed by atoms with E-state index < -0.39 is 17.8 Å². The maximum Gasteiger partial charge on any atom is 0.315 e. The monoisotopic (exact) mass is 425 g/mol. The number of esters is 1. The molecule has 1 aliphatic carbocycles. The zero-order valence-electron chi connectivity index (χ0n) is 14.7.